The number of hydrogen-bond acceptors (Lipinski definition) is 7. The first kappa shape index (κ1) is 22.4. The summed E-state index contributed by atoms with van der Waals surface area (Å²) in [6.45, 7) is 5.50. The minimum absolute atomic E-state index is 0.177. The first-order valence-corrected chi connectivity index (χ1v) is 11.9. The molecule has 0 bridgehead atoms. The molecule has 0 radical (unpaired) electrons. The summed E-state index contributed by atoms with van der Waals surface area (Å²) in [5.74, 6) is 0.807. The van der Waals surface area contributed by atoms with E-state index in [4.69, 9.17) is 25.8 Å². The summed E-state index contributed by atoms with van der Waals surface area (Å²) in [5, 5.41) is 0.561. The van der Waals surface area contributed by atoms with E-state index in [1.165, 1.54) is 11.3 Å². The zero-order valence-electron chi connectivity index (χ0n) is 18.7. The van der Waals surface area contributed by atoms with Gasteiger partial charge in [-0.15, -0.1) is 0 Å². The molecule has 34 heavy (non-hydrogen) atoms. The fourth-order valence-electron chi connectivity index (χ4n) is 3.97. The van der Waals surface area contributed by atoms with Gasteiger partial charge in [-0.3, -0.25) is 9.36 Å². The standard InChI is InChI=1S/C25H21ClN2O5S/c1-13(2)33-24(30)21-14(3)27-25-28(22(21)16-5-7-17(26)8-6-16)23(29)20(34-25)11-15-4-9-18-19(10-15)32-12-31-18/h4-11,13,22H,12H2,1-3H3/b20-11-/t22-/m1/s1. The molecule has 1 atom stereocenters. The first-order chi connectivity index (χ1) is 16.3. The number of hydrogen-bond donors (Lipinski definition) is 0. The van der Waals surface area contributed by atoms with Gasteiger partial charge < -0.3 is 14.2 Å². The predicted octanol–water partition coefficient (Wildman–Crippen LogP) is 3.57. The van der Waals surface area contributed by atoms with Crippen LogP contribution in [0, 0.1) is 0 Å². The molecule has 0 aliphatic carbocycles. The molecule has 3 heterocycles. The van der Waals surface area contributed by atoms with Gasteiger partial charge in [0.25, 0.3) is 5.56 Å². The number of ether oxygens (including phenoxy) is 3. The fraction of sp³-hybridized carbons (Fsp3) is 0.240. The van der Waals surface area contributed by atoms with Gasteiger partial charge in [-0.2, -0.15) is 0 Å². The van der Waals surface area contributed by atoms with E-state index in [0.29, 0.717) is 37.1 Å². The highest BCUT2D eigenvalue weighted by atomic mass is 35.5. The number of nitrogens with zero attached hydrogens (tertiary/aromatic N) is 2. The van der Waals surface area contributed by atoms with Crippen LogP contribution in [0.4, 0.5) is 0 Å². The normalized spacial score (nSPS) is 17.1. The van der Waals surface area contributed by atoms with Gasteiger partial charge >= 0.3 is 5.97 Å². The summed E-state index contributed by atoms with van der Waals surface area (Å²) < 4.78 is 18.4. The number of rotatable bonds is 4. The van der Waals surface area contributed by atoms with Crippen LogP contribution in [-0.4, -0.2) is 23.4 Å². The van der Waals surface area contributed by atoms with Crippen molar-refractivity contribution in [1.29, 1.82) is 0 Å². The molecule has 0 amide bonds. The van der Waals surface area contributed by atoms with Crippen molar-refractivity contribution in [1.82, 2.24) is 4.57 Å². The van der Waals surface area contributed by atoms with Crippen LogP contribution in [0.5, 0.6) is 11.5 Å². The Morgan fingerprint density at radius 2 is 1.94 bits per heavy atom. The molecule has 2 aliphatic heterocycles. The maximum Gasteiger partial charge on any atom is 0.338 e. The Morgan fingerprint density at radius 3 is 2.68 bits per heavy atom. The molecule has 5 rings (SSSR count). The monoisotopic (exact) mass is 496 g/mol. The highest BCUT2D eigenvalue weighted by molar-refractivity contribution is 7.07. The van der Waals surface area contributed by atoms with Crippen LogP contribution in [0.25, 0.3) is 6.08 Å². The van der Waals surface area contributed by atoms with Crippen molar-refractivity contribution in [3.63, 3.8) is 0 Å². The van der Waals surface area contributed by atoms with Gasteiger partial charge in [-0.25, -0.2) is 9.79 Å². The predicted molar refractivity (Wildman–Crippen MR) is 129 cm³/mol. The third-order valence-electron chi connectivity index (χ3n) is 5.46. The average Bonchev–Trinajstić information content (AvgIpc) is 3.37. The Kier molecular flexibility index (Phi) is 5.79. The number of allylic oxidation sites excluding steroid dienone is 1. The lowest BCUT2D eigenvalue weighted by molar-refractivity contribution is -0.143. The number of esters is 1. The van der Waals surface area contributed by atoms with E-state index in [0.717, 1.165) is 11.1 Å². The Balaban J connectivity index is 1.68. The van der Waals surface area contributed by atoms with E-state index in [1.807, 2.05) is 30.3 Å². The van der Waals surface area contributed by atoms with Crippen molar-refractivity contribution >= 4 is 35.0 Å². The maximum atomic E-state index is 13.6. The molecule has 0 unspecified atom stereocenters. The van der Waals surface area contributed by atoms with Crippen LogP contribution in [0.1, 0.15) is 37.9 Å². The first-order valence-electron chi connectivity index (χ1n) is 10.7. The largest absolute Gasteiger partial charge is 0.459 e. The van der Waals surface area contributed by atoms with E-state index >= 15 is 0 Å². The van der Waals surface area contributed by atoms with E-state index < -0.39 is 12.0 Å². The minimum atomic E-state index is -0.682. The van der Waals surface area contributed by atoms with Gasteiger partial charge in [-0.1, -0.05) is 41.1 Å². The molecule has 2 aliphatic rings. The van der Waals surface area contributed by atoms with Gasteiger partial charge in [0.15, 0.2) is 16.3 Å². The average molecular weight is 497 g/mol. The Labute approximate surface area is 204 Å². The van der Waals surface area contributed by atoms with Crippen molar-refractivity contribution in [3.05, 3.63) is 89.6 Å². The molecule has 174 valence electrons. The minimum Gasteiger partial charge on any atom is -0.459 e. The van der Waals surface area contributed by atoms with E-state index in [2.05, 4.69) is 4.99 Å². The number of benzene rings is 2. The molecule has 0 saturated carbocycles. The number of carbonyl (C=O) groups excluding carboxylic acids is 1. The van der Waals surface area contributed by atoms with Gasteiger partial charge in [0.2, 0.25) is 6.79 Å². The van der Waals surface area contributed by atoms with E-state index in [9.17, 15) is 9.59 Å². The third kappa shape index (κ3) is 4.03. The van der Waals surface area contributed by atoms with Gasteiger partial charge in [0.05, 0.1) is 27.9 Å². The van der Waals surface area contributed by atoms with Crippen LogP contribution in [0.3, 0.4) is 0 Å². The van der Waals surface area contributed by atoms with Crippen molar-refractivity contribution in [2.75, 3.05) is 6.79 Å². The number of thiazole rings is 1. The molecular weight excluding hydrogens is 476 g/mol. The van der Waals surface area contributed by atoms with Crippen molar-refractivity contribution in [3.8, 4) is 11.5 Å². The molecule has 0 N–H and O–H groups in total. The van der Waals surface area contributed by atoms with Gasteiger partial charge in [-0.05, 0) is 62.2 Å². The van der Waals surface area contributed by atoms with Gasteiger partial charge in [0.1, 0.15) is 0 Å². The van der Waals surface area contributed by atoms with Crippen LogP contribution < -0.4 is 24.4 Å². The summed E-state index contributed by atoms with van der Waals surface area (Å²) in [6, 6.07) is 11.9. The van der Waals surface area contributed by atoms with Crippen molar-refractivity contribution < 1.29 is 19.0 Å². The molecular formula is C25H21ClN2O5S. The van der Waals surface area contributed by atoms with E-state index in [-0.39, 0.29) is 18.5 Å². The smallest absolute Gasteiger partial charge is 0.338 e. The second-order valence-corrected chi connectivity index (χ2v) is 9.65. The third-order valence-corrected chi connectivity index (χ3v) is 6.70. The lowest BCUT2D eigenvalue weighted by Crippen LogP contribution is -2.40. The van der Waals surface area contributed by atoms with Crippen molar-refractivity contribution in [2.24, 2.45) is 4.99 Å². The fourth-order valence-corrected chi connectivity index (χ4v) is 5.15. The number of aromatic nitrogens is 1. The lowest BCUT2D eigenvalue weighted by Gasteiger charge is -2.25. The Hall–Kier alpha value is -3.36. The Bertz CT molecular complexity index is 1500. The topological polar surface area (TPSA) is 79.1 Å². The highest BCUT2D eigenvalue weighted by Gasteiger charge is 2.33. The quantitative estimate of drug-likeness (QED) is 0.516. The van der Waals surface area contributed by atoms with Crippen molar-refractivity contribution in [2.45, 2.75) is 32.9 Å². The molecule has 1 aromatic heterocycles. The van der Waals surface area contributed by atoms with Crippen LogP contribution in [0.15, 0.2) is 63.5 Å². The number of fused-ring (bicyclic) bond motifs is 2. The van der Waals surface area contributed by atoms with Crippen LogP contribution in [-0.2, 0) is 9.53 Å². The molecule has 9 heteroatoms. The summed E-state index contributed by atoms with van der Waals surface area (Å²) in [6.07, 6.45) is 1.48. The zero-order chi connectivity index (χ0) is 24.0. The zero-order valence-corrected chi connectivity index (χ0v) is 20.3. The highest BCUT2D eigenvalue weighted by Crippen LogP contribution is 2.33. The SMILES string of the molecule is CC1=C(C(=O)OC(C)C)[C@@H](c2ccc(Cl)cc2)n2c(s/c(=C\c3ccc4c(c3)OCO4)c2=O)=N1. The van der Waals surface area contributed by atoms with E-state index in [1.54, 1.807) is 43.5 Å². The molecule has 0 saturated heterocycles. The molecule has 3 aromatic rings. The summed E-state index contributed by atoms with van der Waals surface area (Å²) >= 11 is 7.37. The molecule has 0 fully saturated rings. The second-order valence-electron chi connectivity index (χ2n) is 8.20. The van der Waals surface area contributed by atoms with Crippen LogP contribution in [0.2, 0.25) is 5.02 Å². The summed E-state index contributed by atoms with van der Waals surface area (Å²) in [4.78, 5) is 31.8. The molecule has 0 spiro atoms. The summed E-state index contributed by atoms with van der Waals surface area (Å²) in [5.41, 5.74) is 2.14. The maximum absolute atomic E-state index is 13.6. The summed E-state index contributed by atoms with van der Waals surface area (Å²) in [7, 11) is 0. The van der Waals surface area contributed by atoms with Crippen LogP contribution >= 0.6 is 22.9 Å². The number of carbonyl (C=O) groups is 1. The second kappa shape index (κ2) is 8.77. The number of halogens is 1. The molecule has 7 nitrogen and oxygen atoms in total. The van der Waals surface area contributed by atoms with Gasteiger partial charge in [0, 0.05) is 5.02 Å². The lowest BCUT2D eigenvalue weighted by atomic mass is 9.96. The Morgan fingerprint density at radius 1 is 1.21 bits per heavy atom. The molecule has 2 aromatic carbocycles.